The topological polar surface area (TPSA) is 57.5 Å². The molecule has 1 fully saturated rings. The minimum atomic E-state index is -0.786. The average molecular weight is 210 g/mol. The molecule has 0 amide bonds. The van der Waals surface area contributed by atoms with Crippen LogP contribution in [0.15, 0.2) is 24.5 Å². The first-order chi connectivity index (χ1) is 7.10. The van der Waals surface area contributed by atoms with Gasteiger partial charge in [0, 0.05) is 6.42 Å². The maximum atomic E-state index is 11.3. The van der Waals surface area contributed by atoms with E-state index in [9.17, 15) is 15.0 Å². The lowest BCUT2D eigenvalue weighted by Gasteiger charge is -2.32. The van der Waals surface area contributed by atoms with Crippen LogP contribution in [-0.4, -0.2) is 16.2 Å². The average Bonchev–Trinajstić information content (AvgIpc) is 2.19. The molecular formula is C12H18O3. The van der Waals surface area contributed by atoms with Crippen molar-refractivity contribution in [3.8, 4) is 0 Å². The summed E-state index contributed by atoms with van der Waals surface area (Å²) in [6, 6.07) is 0. The lowest BCUT2D eigenvalue weighted by molar-refractivity contribution is -0.151. The Kier molecular flexibility index (Phi) is 3.95. The number of hydrogen-bond acceptors (Lipinski definition) is 2. The molecule has 15 heavy (non-hydrogen) atoms. The van der Waals surface area contributed by atoms with Gasteiger partial charge in [0.25, 0.3) is 0 Å². The van der Waals surface area contributed by atoms with Gasteiger partial charge in [-0.25, -0.2) is 0 Å². The first-order valence-corrected chi connectivity index (χ1v) is 5.35. The fourth-order valence-electron chi connectivity index (χ4n) is 2.24. The number of aliphatic carboxylic acids is 1. The van der Waals surface area contributed by atoms with E-state index in [0.29, 0.717) is 12.8 Å². The molecule has 1 saturated carbocycles. The Balaban J connectivity index is 2.77. The molecule has 0 spiro atoms. The Morgan fingerprint density at radius 1 is 1.27 bits per heavy atom. The molecule has 0 aliphatic heterocycles. The van der Waals surface area contributed by atoms with Gasteiger partial charge >= 0.3 is 5.97 Å². The lowest BCUT2D eigenvalue weighted by atomic mass is 9.71. The van der Waals surface area contributed by atoms with Crippen molar-refractivity contribution in [2.45, 2.75) is 38.5 Å². The van der Waals surface area contributed by atoms with Crippen LogP contribution < -0.4 is 0 Å². The van der Waals surface area contributed by atoms with Gasteiger partial charge < -0.3 is 10.2 Å². The molecule has 1 rings (SSSR count). The predicted molar refractivity (Wildman–Crippen MR) is 58.7 cm³/mol. The fourth-order valence-corrected chi connectivity index (χ4v) is 2.24. The molecule has 1 aliphatic carbocycles. The second-order valence-electron chi connectivity index (χ2n) is 4.22. The van der Waals surface area contributed by atoms with Crippen LogP contribution in [0.2, 0.25) is 0 Å². The number of carbonyl (C=O) groups is 1. The molecule has 3 nitrogen and oxygen atoms in total. The van der Waals surface area contributed by atoms with E-state index >= 15 is 0 Å². The standard InChI is InChI=1S/C12H18O3/c1-2-6-10(13)9-12(11(14)15)7-4-3-5-8-12/h2,6,13H,1,3-5,7-9H2,(H,14,15)/b10-6-. The highest BCUT2D eigenvalue weighted by molar-refractivity contribution is 5.75. The Hall–Kier alpha value is -1.25. The summed E-state index contributed by atoms with van der Waals surface area (Å²) in [7, 11) is 0. The Morgan fingerprint density at radius 2 is 1.87 bits per heavy atom. The zero-order valence-electron chi connectivity index (χ0n) is 8.91. The summed E-state index contributed by atoms with van der Waals surface area (Å²) < 4.78 is 0. The van der Waals surface area contributed by atoms with Crippen LogP contribution in [0.1, 0.15) is 38.5 Å². The van der Waals surface area contributed by atoms with Gasteiger partial charge in [0.05, 0.1) is 11.2 Å². The highest BCUT2D eigenvalue weighted by atomic mass is 16.4. The molecule has 0 radical (unpaired) electrons. The van der Waals surface area contributed by atoms with E-state index in [0.717, 1.165) is 19.3 Å². The molecule has 0 unspecified atom stereocenters. The van der Waals surface area contributed by atoms with E-state index in [1.54, 1.807) is 0 Å². The number of carboxylic acid groups (broad SMARTS) is 1. The third kappa shape index (κ3) is 2.85. The third-order valence-corrected chi connectivity index (χ3v) is 3.09. The van der Waals surface area contributed by atoms with Gasteiger partial charge in [0.15, 0.2) is 0 Å². The number of aliphatic hydroxyl groups excluding tert-OH is 1. The van der Waals surface area contributed by atoms with Crippen LogP contribution in [0.4, 0.5) is 0 Å². The number of carboxylic acids is 1. The summed E-state index contributed by atoms with van der Waals surface area (Å²) in [5, 5.41) is 18.8. The SMILES string of the molecule is C=C/C=C(\O)CC1(C(=O)O)CCCCC1. The van der Waals surface area contributed by atoms with Crippen LogP contribution in [0.25, 0.3) is 0 Å². The molecule has 0 aromatic heterocycles. The van der Waals surface area contributed by atoms with Crippen LogP contribution in [0.5, 0.6) is 0 Å². The Morgan fingerprint density at radius 3 is 2.33 bits per heavy atom. The van der Waals surface area contributed by atoms with Gasteiger partial charge in [-0.2, -0.15) is 0 Å². The van der Waals surface area contributed by atoms with Crippen molar-refractivity contribution in [1.82, 2.24) is 0 Å². The van der Waals surface area contributed by atoms with Crippen molar-refractivity contribution in [2.24, 2.45) is 5.41 Å². The summed E-state index contributed by atoms with van der Waals surface area (Å²) in [4.78, 5) is 11.3. The normalized spacial score (nSPS) is 20.9. The van der Waals surface area contributed by atoms with E-state index < -0.39 is 11.4 Å². The largest absolute Gasteiger partial charge is 0.512 e. The third-order valence-electron chi connectivity index (χ3n) is 3.09. The molecular weight excluding hydrogens is 192 g/mol. The molecule has 0 aromatic rings. The molecule has 1 aliphatic rings. The van der Waals surface area contributed by atoms with Crippen molar-refractivity contribution in [2.75, 3.05) is 0 Å². The molecule has 0 saturated heterocycles. The van der Waals surface area contributed by atoms with Crippen LogP contribution in [0, 0.1) is 5.41 Å². The zero-order valence-corrected chi connectivity index (χ0v) is 8.91. The summed E-state index contributed by atoms with van der Waals surface area (Å²) in [5.41, 5.74) is -0.748. The van der Waals surface area contributed by atoms with Gasteiger partial charge in [-0.05, 0) is 18.9 Å². The summed E-state index contributed by atoms with van der Waals surface area (Å²) in [6.45, 7) is 3.48. The first kappa shape index (κ1) is 11.8. The van der Waals surface area contributed by atoms with Crippen molar-refractivity contribution >= 4 is 5.97 Å². The number of rotatable bonds is 4. The summed E-state index contributed by atoms with van der Waals surface area (Å²) in [6.07, 6.45) is 7.48. The van der Waals surface area contributed by atoms with Gasteiger partial charge in [-0.15, -0.1) is 0 Å². The predicted octanol–water partition coefficient (Wildman–Crippen LogP) is 3.04. The van der Waals surface area contributed by atoms with Gasteiger partial charge in [0.1, 0.15) is 0 Å². The van der Waals surface area contributed by atoms with Gasteiger partial charge in [0.2, 0.25) is 0 Å². The molecule has 0 bridgehead atoms. The van der Waals surface area contributed by atoms with Crippen LogP contribution in [0.3, 0.4) is 0 Å². The first-order valence-electron chi connectivity index (χ1n) is 5.35. The maximum absolute atomic E-state index is 11.3. The highest BCUT2D eigenvalue weighted by Gasteiger charge is 2.40. The second kappa shape index (κ2) is 5.01. The van der Waals surface area contributed by atoms with Crippen LogP contribution >= 0.6 is 0 Å². The summed E-state index contributed by atoms with van der Waals surface area (Å²) >= 11 is 0. The molecule has 2 N–H and O–H groups in total. The molecule has 0 atom stereocenters. The van der Waals surface area contributed by atoms with E-state index in [4.69, 9.17) is 0 Å². The molecule has 84 valence electrons. The van der Waals surface area contributed by atoms with Gasteiger partial charge in [-0.3, -0.25) is 4.79 Å². The maximum Gasteiger partial charge on any atom is 0.310 e. The molecule has 0 aromatic carbocycles. The van der Waals surface area contributed by atoms with Crippen LogP contribution in [-0.2, 0) is 4.79 Å². The smallest absolute Gasteiger partial charge is 0.310 e. The van der Waals surface area contributed by atoms with Gasteiger partial charge in [-0.1, -0.05) is 31.9 Å². The van der Waals surface area contributed by atoms with Crippen molar-refractivity contribution in [3.63, 3.8) is 0 Å². The van der Waals surface area contributed by atoms with E-state index in [1.807, 2.05) is 0 Å². The molecule has 0 heterocycles. The quantitative estimate of drug-likeness (QED) is 0.554. The Labute approximate surface area is 90.1 Å². The van der Waals surface area contributed by atoms with Crippen molar-refractivity contribution < 1.29 is 15.0 Å². The number of allylic oxidation sites excluding steroid dienone is 3. The summed E-state index contributed by atoms with van der Waals surface area (Å²) in [5.74, 6) is -0.666. The number of hydrogen-bond donors (Lipinski definition) is 2. The van der Waals surface area contributed by atoms with E-state index in [-0.39, 0.29) is 12.2 Å². The lowest BCUT2D eigenvalue weighted by Crippen LogP contribution is -2.33. The minimum Gasteiger partial charge on any atom is -0.512 e. The minimum absolute atomic E-state index is 0.120. The molecule has 3 heteroatoms. The Bertz CT molecular complexity index is 273. The van der Waals surface area contributed by atoms with E-state index in [2.05, 4.69) is 6.58 Å². The highest BCUT2D eigenvalue weighted by Crippen LogP contribution is 2.41. The number of aliphatic hydroxyl groups is 1. The second-order valence-corrected chi connectivity index (χ2v) is 4.22. The fraction of sp³-hybridized carbons (Fsp3) is 0.583. The van der Waals surface area contributed by atoms with Crippen molar-refractivity contribution in [1.29, 1.82) is 0 Å². The van der Waals surface area contributed by atoms with E-state index in [1.165, 1.54) is 12.2 Å². The van der Waals surface area contributed by atoms with Crippen molar-refractivity contribution in [3.05, 3.63) is 24.5 Å². The zero-order chi connectivity index (χ0) is 11.3. The monoisotopic (exact) mass is 210 g/mol.